The molecule has 19 heavy (non-hydrogen) atoms. The number of rotatable bonds is 6. The third-order valence-electron chi connectivity index (χ3n) is 2.27. The average molecular weight is 314 g/mol. The van der Waals surface area contributed by atoms with E-state index in [1.165, 1.54) is 0 Å². The second kappa shape index (κ2) is 10.0. The summed E-state index contributed by atoms with van der Waals surface area (Å²) < 4.78 is 4.27. The van der Waals surface area contributed by atoms with Crippen molar-refractivity contribution in [2.75, 3.05) is 11.2 Å². The van der Waals surface area contributed by atoms with Gasteiger partial charge in [-0.3, -0.25) is 9.83 Å². The predicted octanol–water partition coefficient (Wildman–Crippen LogP) is -0.895. The minimum Gasteiger partial charge on any atom is -0.691 e. The molecule has 0 atom stereocenters. The zero-order valence-electron chi connectivity index (χ0n) is 11.0. The number of hydrogen-bond acceptors (Lipinski definition) is 5. The number of aryl methyl sites for hydroxylation is 2. The molecule has 0 aromatic heterocycles. The van der Waals surface area contributed by atoms with Gasteiger partial charge < -0.3 is 10.6 Å². The first-order chi connectivity index (χ1) is 8.58. The van der Waals surface area contributed by atoms with Crippen LogP contribution < -0.4 is 40.1 Å². The normalized spacial score (nSPS) is 9.89. The summed E-state index contributed by atoms with van der Waals surface area (Å²) >= 11 is 6.32. The molecule has 1 amide bonds. The van der Waals surface area contributed by atoms with Crippen LogP contribution in [0.5, 0.6) is 0 Å². The Morgan fingerprint density at radius 2 is 2.11 bits per heavy atom. The van der Waals surface area contributed by atoms with Crippen molar-refractivity contribution in [2.24, 2.45) is 0 Å². The third kappa shape index (κ3) is 6.46. The van der Waals surface area contributed by atoms with E-state index in [9.17, 15) is 10.1 Å². The minimum atomic E-state index is -0.132. The van der Waals surface area contributed by atoms with Gasteiger partial charge in [-0.1, -0.05) is 0 Å². The Bertz CT molecular complexity index is 433. The van der Waals surface area contributed by atoms with Crippen molar-refractivity contribution in [1.82, 2.24) is 0 Å². The number of amides is 1. The van der Waals surface area contributed by atoms with Crippen LogP contribution in [-0.2, 0) is 14.2 Å². The fraction of sp³-hybridized carbons (Fsp3) is 0.364. The molecule has 1 aromatic carbocycles. The molecule has 0 radical (unpaired) electrons. The second-order valence-electron chi connectivity index (χ2n) is 3.64. The molecule has 0 fully saturated rings. The van der Waals surface area contributed by atoms with Crippen LogP contribution in [0.4, 0.5) is 5.69 Å². The summed E-state index contributed by atoms with van der Waals surface area (Å²) in [4.78, 5) is 12.2. The van der Waals surface area contributed by atoms with Crippen molar-refractivity contribution in [3.05, 3.63) is 23.3 Å². The molecule has 1 aromatic rings. The summed E-state index contributed by atoms with van der Waals surface area (Å²) in [5.74, 6) is 0.152. The van der Waals surface area contributed by atoms with Crippen molar-refractivity contribution in [1.29, 1.82) is 0 Å². The van der Waals surface area contributed by atoms with Crippen LogP contribution in [0.25, 0.3) is 0 Å². The largest absolute Gasteiger partial charge is 1.00 e. The Morgan fingerprint density at radius 1 is 1.42 bits per heavy atom. The molecular formula is C11H13ClNNaO4S. The molecule has 0 bridgehead atoms. The van der Waals surface area contributed by atoms with Crippen LogP contribution in [0.1, 0.15) is 17.5 Å². The van der Waals surface area contributed by atoms with Gasteiger partial charge in [-0.25, -0.2) is 0 Å². The van der Waals surface area contributed by atoms with Gasteiger partial charge >= 0.3 is 29.6 Å². The van der Waals surface area contributed by atoms with Gasteiger partial charge in [0.25, 0.3) is 0 Å². The van der Waals surface area contributed by atoms with E-state index in [1.807, 2.05) is 13.8 Å². The first-order valence-corrected chi connectivity index (χ1v) is 6.46. The maximum Gasteiger partial charge on any atom is 1.00 e. The van der Waals surface area contributed by atoms with Crippen molar-refractivity contribution in [3.8, 4) is 0 Å². The van der Waals surface area contributed by atoms with E-state index in [0.29, 0.717) is 0 Å². The number of carbonyl (C=O) groups is 1. The van der Waals surface area contributed by atoms with Gasteiger partial charge in [0.2, 0.25) is 5.91 Å². The standard InChI is InChI=1S/C11H14ClNO4S.Na/c1-7-6-10(18-17-16-15)8(2)5-9(7)13-11(14)3-4-12;/h5-6,15H,3-4H2,1-2H3,(H,13,14);/q;+1/p-1. The van der Waals surface area contributed by atoms with Gasteiger partial charge in [0.05, 0.1) is 12.0 Å². The van der Waals surface area contributed by atoms with Crippen molar-refractivity contribution in [2.45, 2.75) is 25.2 Å². The molecule has 0 spiro atoms. The van der Waals surface area contributed by atoms with Crippen LogP contribution >= 0.6 is 23.6 Å². The van der Waals surface area contributed by atoms with Gasteiger partial charge in [-0.15, -0.1) is 11.6 Å². The molecule has 0 saturated heterocycles. The minimum absolute atomic E-state index is 0. The Kier molecular flexibility index (Phi) is 10.1. The Morgan fingerprint density at radius 3 is 2.68 bits per heavy atom. The predicted molar refractivity (Wildman–Crippen MR) is 67.9 cm³/mol. The second-order valence-corrected chi connectivity index (χ2v) is 4.76. The molecule has 0 saturated carbocycles. The van der Waals surface area contributed by atoms with Crippen molar-refractivity contribution in [3.63, 3.8) is 0 Å². The van der Waals surface area contributed by atoms with E-state index in [2.05, 4.69) is 14.7 Å². The summed E-state index contributed by atoms with van der Waals surface area (Å²) in [5.41, 5.74) is 2.44. The molecule has 1 N–H and O–H groups in total. The van der Waals surface area contributed by atoms with Crippen LogP contribution in [0.3, 0.4) is 0 Å². The van der Waals surface area contributed by atoms with E-state index >= 15 is 0 Å². The van der Waals surface area contributed by atoms with Gasteiger partial charge in [-0.05, 0) is 37.1 Å². The number of anilines is 1. The van der Waals surface area contributed by atoms with Crippen LogP contribution in [0.2, 0.25) is 0 Å². The molecule has 5 nitrogen and oxygen atoms in total. The fourth-order valence-corrected chi connectivity index (χ4v) is 2.05. The summed E-state index contributed by atoms with van der Waals surface area (Å²) in [6.45, 7) is 3.69. The number of carbonyl (C=O) groups excluding carboxylic acids is 1. The van der Waals surface area contributed by atoms with Crippen LogP contribution in [0, 0.1) is 13.8 Å². The number of benzene rings is 1. The fourth-order valence-electron chi connectivity index (χ4n) is 1.36. The first kappa shape index (κ1) is 19.2. The molecule has 0 heterocycles. The molecule has 0 unspecified atom stereocenters. The molecule has 0 aliphatic rings. The van der Waals surface area contributed by atoms with Gasteiger partial charge in [-0.2, -0.15) is 4.33 Å². The third-order valence-corrected chi connectivity index (χ3v) is 3.20. The van der Waals surface area contributed by atoms with E-state index < -0.39 is 0 Å². The Balaban J connectivity index is 0.00000324. The van der Waals surface area contributed by atoms with E-state index in [0.717, 1.165) is 33.8 Å². The smallest absolute Gasteiger partial charge is 0.691 e. The van der Waals surface area contributed by atoms with E-state index in [1.54, 1.807) is 12.1 Å². The monoisotopic (exact) mass is 313 g/mol. The summed E-state index contributed by atoms with van der Waals surface area (Å²) in [5, 5.41) is 15.8. The van der Waals surface area contributed by atoms with Crippen molar-refractivity contribution < 1.29 is 49.0 Å². The summed E-state index contributed by atoms with van der Waals surface area (Å²) in [6, 6.07) is 3.60. The number of alkyl halides is 1. The van der Waals surface area contributed by atoms with Gasteiger partial charge in [0.1, 0.15) is 0 Å². The molecule has 8 heteroatoms. The van der Waals surface area contributed by atoms with Crippen LogP contribution in [-0.4, -0.2) is 11.8 Å². The summed E-state index contributed by atoms with van der Waals surface area (Å²) in [6.07, 6.45) is 0.268. The summed E-state index contributed by atoms with van der Waals surface area (Å²) in [7, 11) is 0. The molecule has 1 rings (SSSR count). The van der Waals surface area contributed by atoms with Crippen molar-refractivity contribution >= 4 is 35.2 Å². The topological polar surface area (TPSA) is 70.6 Å². The zero-order valence-corrected chi connectivity index (χ0v) is 14.6. The van der Waals surface area contributed by atoms with E-state index in [4.69, 9.17) is 11.6 Å². The quantitative estimate of drug-likeness (QED) is 0.242. The maximum absolute atomic E-state index is 11.4. The average Bonchev–Trinajstić information content (AvgIpc) is 2.32. The maximum atomic E-state index is 11.4. The number of hydrogen-bond donors (Lipinski definition) is 1. The first-order valence-electron chi connectivity index (χ1n) is 5.18. The molecular weight excluding hydrogens is 301 g/mol. The SMILES string of the molecule is Cc1cc(SOO[O-])c(C)cc1NC(=O)CCCl.[Na+]. The zero-order chi connectivity index (χ0) is 13.5. The van der Waals surface area contributed by atoms with Gasteiger partial charge in [0.15, 0.2) is 0 Å². The number of halogens is 1. The Labute approximate surface area is 143 Å². The van der Waals surface area contributed by atoms with E-state index in [-0.39, 0.29) is 47.8 Å². The number of nitrogens with one attached hydrogen (secondary N) is 1. The molecule has 100 valence electrons. The van der Waals surface area contributed by atoms with Crippen LogP contribution in [0.15, 0.2) is 17.0 Å². The van der Waals surface area contributed by atoms with Gasteiger partial charge in [0, 0.05) is 22.9 Å². The molecule has 0 aliphatic carbocycles. The molecule has 0 aliphatic heterocycles. The Hall–Kier alpha value is 0.210.